The van der Waals surface area contributed by atoms with Crippen LogP contribution in [0.5, 0.6) is 5.75 Å². The Kier molecular flexibility index (Phi) is 3.84. The smallest absolute Gasteiger partial charge is 0.320 e. The highest BCUT2D eigenvalue weighted by atomic mass is 19.1. The molecular formula is C11H14FNO3. The van der Waals surface area contributed by atoms with E-state index in [1.165, 1.54) is 25.1 Å². The number of phenols is 1. The molecule has 0 aromatic heterocycles. The Morgan fingerprint density at radius 2 is 2.19 bits per heavy atom. The summed E-state index contributed by atoms with van der Waals surface area (Å²) in [4.78, 5) is 10.5. The van der Waals surface area contributed by atoms with Crippen molar-refractivity contribution in [2.45, 2.75) is 25.6 Å². The Morgan fingerprint density at radius 1 is 1.56 bits per heavy atom. The van der Waals surface area contributed by atoms with Crippen molar-refractivity contribution < 1.29 is 19.4 Å². The number of hydrogen-bond acceptors (Lipinski definition) is 3. The number of aliphatic carboxylic acids is 1. The molecule has 1 aromatic rings. The molecule has 2 unspecified atom stereocenters. The maximum atomic E-state index is 13.1. The highest BCUT2D eigenvalue weighted by Crippen LogP contribution is 2.27. The van der Waals surface area contributed by atoms with Crippen LogP contribution in [0.3, 0.4) is 0 Å². The average Bonchev–Trinajstić information content (AvgIpc) is 2.20. The van der Waals surface area contributed by atoms with Crippen molar-refractivity contribution in [3.8, 4) is 5.75 Å². The number of nitrogens with two attached hydrogens (primary N) is 1. The van der Waals surface area contributed by atoms with Crippen LogP contribution in [0.2, 0.25) is 0 Å². The molecule has 4 N–H and O–H groups in total. The van der Waals surface area contributed by atoms with E-state index >= 15 is 0 Å². The Hall–Kier alpha value is -1.62. The zero-order chi connectivity index (χ0) is 12.3. The summed E-state index contributed by atoms with van der Waals surface area (Å²) in [6, 6.07) is 3.29. The molecule has 0 fully saturated rings. The lowest BCUT2D eigenvalue weighted by atomic mass is 10.0. The van der Waals surface area contributed by atoms with Gasteiger partial charge in [0.05, 0.1) is 0 Å². The van der Waals surface area contributed by atoms with Crippen LogP contribution < -0.4 is 5.73 Å². The van der Waals surface area contributed by atoms with Crippen LogP contribution in [-0.2, 0) is 11.2 Å². The Bertz CT molecular complexity index is 393. The lowest BCUT2D eigenvalue weighted by Crippen LogP contribution is -2.32. The number of carbonyl (C=O) groups is 1. The minimum absolute atomic E-state index is 0.106. The molecule has 5 heteroatoms. The van der Waals surface area contributed by atoms with Gasteiger partial charge in [0.25, 0.3) is 0 Å². The van der Waals surface area contributed by atoms with E-state index in [2.05, 4.69) is 0 Å². The molecule has 16 heavy (non-hydrogen) atoms. The molecule has 0 amide bonds. The minimum atomic E-state index is -1.30. The van der Waals surface area contributed by atoms with Crippen LogP contribution >= 0.6 is 0 Å². The monoisotopic (exact) mass is 227 g/mol. The normalized spacial score (nSPS) is 14.4. The van der Waals surface area contributed by atoms with E-state index in [0.717, 1.165) is 0 Å². The van der Waals surface area contributed by atoms with Crippen molar-refractivity contribution in [1.82, 2.24) is 0 Å². The van der Waals surface area contributed by atoms with Crippen LogP contribution in [0.1, 0.15) is 24.2 Å². The summed E-state index contributed by atoms with van der Waals surface area (Å²) in [5.74, 6) is -1.24. The van der Waals surface area contributed by atoms with Gasteiger partial charge in [-0.05, 0) is 31.0 Å². The van der Waals surface area contributed by atoms with Gasteiger partial charge in [0, 0.05) is 5.56 Å². The highest BCUT2D eigenvalue weighted by molar-refractivity contribution is 5.73. The number of carboxylic acids is 1. The fourth-order valence-electron chi connectivity index (χ4n) is 1.39. The summed E-state index contributed by atoms with van der Waals surface area (Å²) < 4.78 is 13.1. The summed E-state index contributed by atoms with van der Waals surface area (Å²) in [5, 5.41) is 18.0. The molecule has 0 radical (unpaired) electrons. The second-order valence-corrected chi connectivity index (χ2v) is 3.66. The SMILES string of the molecule is CC(F)c1cc(CC(N)C(=O)O)ccc1O. The van der Waals surface area contributed by atoms with Gasteiger partial charge in [0.1, 0.15) is 18.0 Å². The van der Waals surface area contributed by atoms with E-state index in [4.69, 9.17) is 10.8 Å². The number of phenolic OH excluding ortho intramolecular Hbond substituents is 1. The van der Waals surface area contributed by atoms with E-state index in [9.17, 15) is 14.3 Å². The van der Waals surface area contributed by atoms with Gasteiger partial charge in [0.2, 0.25) is 0 Å². The summed E-state index contributed by atoms with van der Waals surface area (Å²) >= 11 is 0. The molecule has 4 nitrogen and oxygen atoms in total. The summed E-state index contributed by atoms with van der Waals surface area (Å²) in [7, 11) is 0. The van der Waals surface area contributed by atoms with E-state index in [1.54, 1.807) is 0 Å². The molecule has 0 heterocycles. The molecule has 0 spiro atoms. The predicted octanol–water partition coefficient (Wildman–Crippen LogP) is 1.38. The van der Waals surface area contributed by atoms with Crippen molar-refractivity contribution in [2.24, 2.45) is 5.73 Å². The van der Waals surface area contributed by atoms with E-state index in [0.29, 0.717) is 5.56 Å². The maximum absolute atomic E-state index is 13.1. The molecule has 0 aliphatic carbocycles. The molecule has 1 aromatic carbocycles. The molecule has 2 atom stereocenters. The average molecular weight is 227 g/mol. The van der Waals surface area contributed by atoms with E-state index < -0.39 is 18.2 Å². The predicted molar refractivity (Wildman–Crippen MR) is 56.9 cm³/mol. The maximum Gasteiger partial charge on any atom is 0.320 e. The number of alkyl halides is 1. The first-order valence-corrected chi connectivity index (χ1v) is 4.86. The Morgan fingerprint density at radius 3 is 2.69 bits per heavy atom. The number of halogens is 1. The van der Waals surface area contributed by atoms with Crippen molar-refractivity contribution in [2.75, 3.05) is 0 Å². The summed E-state index contributed by atoms with van der Waals surface area (Å²) in [5.41, 5.74) is 6.10. The van der Waals surface area contributed by atoms with Crippen molar-refractivity contribution in [1.29, 1.82) is 0 Å². The molecule has 1 rings (SSSR count). The quantitative estimate of drug-likeness (QED) is 0.725. The fourth-order valence-corrected chi connectivity index (χ4v) is 1.39. The molecule has 0 saturated carbocycles. The number of benzene rings is 1. The van der Waals surface area contributed by atoms with Crippen molar-refractivity contribution in [3.63, 3.8) is 0 Å². The molecule has 0 saturated heterocycles. The van der Waals surface area contributed by atoms with Gasteiger partial charge in [-0.15, -0.1) is 0 Å². The van der Waals surface area contributed by atoms with Crippen LogP contribution in [0.4, 0.5) is 4.39 Å². The van der Waals surface area contributed by atoms with Crippen LogP contribution in [0.25, 0.3) is 0 Å². The Balaban J connectivity index is 2.91. The van der Waals surface area contributed by atoms with Gasteiger partial charge in [-0.25, -0.2) is 4.39 Å². The molecule has 0 aliphatic rings. The van der Waals surface area contributed by atoms with Gasteiger partial charge in [-0.1, -0.05) is 6.07 Å². The van der Waals surface area contributed by atoms with Gasteiger partial charge in [-0.3, -0.25) is 4.79 Å². The standard InChI is InChI=1S/C11H14FNO3/c1-6(12)8-4-7(2-3-10(8)14)5-9(13)11(15)16/h2-4,6,9,14H,5,13H2,1H3,(H,15,16). The van der Waals surface area contributed by atoms with E-state index in [1.807, 2.05) is 0 Å². The lowest BCUT2D eigenvalue weighted by Gasteiger charge is -2.10. The lowest BCUT2D eigenvalue weighted by molar-refractivity contribution is -0.138. The molecule has 0 aliphatic heterocycles. The first-order chi connectivity index (χ1) is 7.41. The largest absolute Gasteiger partial charge is 0.508 e. The van der Waals surface area contributed by atoms with Crippen molar-refractivity contribution in [3.05, 3.63) is 29.3 Å². The van der Waals surface area contributed by atoms with Crippen molar-refractivity contribution >= 4 is 5.97 Å². The minimum Gasteiger partial charge on any atom is -0.508 e. The zero-order valence-electron chi connectivity index (χ0n) is 8.85. The highest BCUT2D eigenvalue weighted by Gasteiger charge is 2.15. The molecule has 88 valence electrons. The Labute approximate surface area is 92.5 Å². The number of aromatic hydroxyl groups is 1. The third-order valence-corrected chi connectivity index (χ3v) is 2.29. The zero-order valence-corrected chi connectivity index (χ0v) is 8.85. The van der Waals surface area contributed by atoms with Crippen LogP contribution in [0.15, 0.2) is 18.2 Å². The number of rotatable bonds is 4. The second kappa shape index (κ2) is 4.94. The second-order valence-electron chi connectivity index (χ2n) is 3.66. The van der Waals surface area contributed by atoms with Gasteiger partial charge < -0.3 is 15.9 Å². The molecule has 0 bridgehead atoms. The summed E-state index contributed by atoms with van der Waals surface area (Å²) in [6.45, 7) is 1.30. The third-order valence-electron chi connectivity index (χ3n) is 2.29. The van der Waals surface area contributed by atoms with E-state index in [-0.39, 0.29) is 17.7 Å². The fraction of sp³-hybridized carbons (Fsp3) is 0.364. The summed E-state index contributed by atoms with van der Waals surface area (Å²) in [6.07, 6.45) is -1.20. The molecular weight excluding hydrogens is 213 g/mol. The number of carboxylic acid groups (broad SMARTS) is 1. The van der Waals surface area contributed by atoms with Gasteiger partial charge in [-0.2, -0.15) is 0 Å². The topological polar surface area (TPSA) is 83.6 Å². The third kappa shape index (κ3) is 2.93. The first-order valence-electron chi connectivity index (χ1n) is 4.86. The van der Waals surface area contributed by atoms with Gasteiger partial charge in [0.15, 0.2) is 0 Å². The first kappa shape index (κ1) is 12.4. The van der Waals surface area contributed by atoms with Crippen LogP contribution in [0, 0.1) is 0 Å². The van der Waals surface area contributed by atoms with Crippen LogP contribution in [-0.4, -0.2) is 22.2 Å². The van der Waals surface area contributed by atoms with Gasteiger partial charge >= 0.3 is 5.97 Å². The number of hydrogen-bond donors (Lipinski definition) is 3.